The van der Waals surface area contributed by atoms with Crippen LogP contribution in [0, 0.1) is 0 Å². The predicted molar refractivity (Wildman–Crippen MR) is 275 cm³/mol. The van der Waals surface area contributed by atoms with Crippen molar-refractivity contribution in [2.45, 2.75) is 124 Å². The summed E-state index contributed by atoms with van der Waals surface area (Å²) >= 11 is 0. The minimum absolute atomic E-state index is 0.0704. The Morgan fingerprint density at radius 3 is 1.77 bits per heavy atom. The highest BCUT2D eigenvalue weighted by atomic mass is 16.3. The van der Waals surface area contributed by atoms with Gasteiger partial charge in [0.2, 0.25) is 0 Å². The first kappa shape index (κ1) is 44.0. The van der Waals surface area contributed by atoms with Crippen molar-refractivity contribution < 1.29 is 5.11 Å². The van der Waals surface area contributed by atoms with E-state index in [1.165, 1.54) is 33.4 Å². The van der Waals surface area contributed by atoms with Gasteiger partial charge in [-0.15, -0.1) is 0 Å². The summed E-state index contributed by atoms with van der Waals surface area (Å²) in [6.45, 7) is 31.5. The summed E-state index contributed by atoms with van der Waals surface area (Å²) < 4.78 is 2.30. The lowest BCUT2D eigenvalue weighted by molar-refractivity contribution is 0.446. The van der Waals surface area contributed by atoms with Crippen LogP contribution in [0.5, 0.6) is 5.75 Å². The monoisotopic (exact) mass is 856 g/mol. The van der Waals surface area contributed by atoms with Gasteiger partial charge in [0.1, 0.15) is 11.6 Å². The van der Waals surface area contributed by atoms with E-state index in [1.54, 1.807) is 0 Å². The smallest absolute Gasteiger partial charge is 0.149 e. The molecule has 0 atom stereocenters. The number of fused-ring (bicyclic) bond motifs is 4. The lowest BCUT2D eigenvalue weighted by Crippen LogP contribution is -2.17. The number of phenolic OH excluding ortho intramolecular Hbond substituents is 1. The Morgan fingerprint density at radius 2 is 1.09 bits per heavy atom. The van der Waals surface area contributed by atoms with E-state index in [4.69, 9.17) is 9.97 Å². The SMILES string of the molecule is CC(C)(C)c1cc(-c2cc3c(cn2)C(C)(C)c2ccccc2-3)cc(-c2cccc3c2nc(-c2cc(C(C)(C)C)cc(C(C)(C)C)c2O)n3-c2ccc(C(C)(C)C)cc2-c2ccccc2)c1. The molecule has 2 heterocycles. The Bertz CT molecular complexity index is 3150. The van der Waals surface area contributed by atoms with E-state index in [1.807, 2.05) is 0 Å². The van der Waals surface area contributed by atoms with Crippen LogP contribution in [-0.2, 0) is 27.1 Å². The van der Waals surface area contributed by atoms with Crippen LogP contribution in [-0.4, -0.2) is 19.6 Å². The number of phenols is 1. The minimum Gasteiger partial charge on any atom is -0.507 e. The maximum atomic E-state index is 12.6. The summed E-state index contributed by atoms with van der Waals surface area (Å²) in [5.74, 6) is 0.969. The van der Waals surface area contributed by atoms with Crippen molar-refractivity contribution in [2.24, 2.45) is 0 Å². The molecular weight excluding hydrogens is 791 g/mol. The summed E-state index contributed by atoms with van der Waals surface area (Å²) in [6, 6.07) is 46.5. The molecule has 0 unspecified atom stereocenters. The van der Waals surface area contributed by atoms with Gasteiger partial charge in [0.25, 0.3) is 0 Å². The zero-order chi connectivity index (χ0) is 46.6. The van der Waals surface area contributed by atoms with Crippen LogP contribution >= 0.6 is 0 Å². The summed E-state index contributed by atoms with van der Waals surface area (Å²) in [4.78, 5) is 10.9. The second kappa shape index (κ2) is 15.2. The quantitative estimate of drug-likeness (QED) is 0.188. The van der Waals surface area contributed by atoms with Gasteiger partial charge in [0.05, 0.1) is 28.0 Å². The zero-order valence-corrected chi connectivity index (χ0v) is 41.0. The number of rotatable bonds is 5. The molecule has 0 fully saturated rings. The predicted octanol–water partition coefficient (Wildman–Crippen LogP) is 16.3. The molecule has 0 spiro atoms. The van der Waals surface area contributed by atoms with E-state index in [2.05, 4.69) is 235 Å². The number of aromatic hydroxyl groups is 1. The molecule has 9 rings (SSSR count). The zero-order valence-electron chi connectivity index (χ0n) is 41.0. The Hall–Kier alpha value is -6.26. The first-order valence-electron chi connectivity index (χ1n) is 23.3. The van der Waals surface area contributed by atoms with Crippen molar-refractivity contribution >= 4 is 11.0 Å². The first-order chi connectivity index (χ1) is 30.4. The fourth-order valence-electron chi connectivity index (χ4n) is 9.72. The van der Waals surface area contributed by atoms with Crippen LogP contribution in [0.4, 0.5) is 0 Å². The first-order valence-corrected chi connectivity index (χ1v) is 23.3. The number of hydrogen-bond acceptors (Lipinski definition) is 3. The number of hydrogen-bond donors (Lipinski definition) is 1. The molecule has 1 aliphatic carbocycles. The number of para-hydroxylation sites is 1. The fraction of sp³-hybridized carbons (Fsp3) is 0.311. The van der Waals surface area contributed by atoms with Gasteiger partial charge < -0.3 is 5.11 Å². The second-order valence-electron chi connectivity index (χ2n) is 23.0. The van der Waals surface area contributed by atoms with E-state index >= 15 is 0 Å². The molecule has 0 radical (unpaired) electrons. The van der Waals surface area contributed by atoms with Crippen molar-refractivity contribution in [3.8, 4) is 67.5 Å². The molecular formula is C61H65N3O. The topological polar surface area (TPSA) is 50.9 Å². The third-order valence-electron chi connectivity index (χ3n) is 13.8. The van der Waals surface area contributed by atoms with Crippen molar-refractivity contribution in [2.75, 3.05) is 0 Å². The van der Waals surface area contributed by atoms with E-state index in [0.29, 0.717) is 5.82 Å². The molecule has 330 valence electrons. The van der Waals surface area contributed by atoms with Gasteiger partial charge in [-0.1, -0.05) is 182 Å². The van der Waals surface area contributed by atoms with E-state index in [-0.39, 0.29) is 32.8 Å². The Balaban J connectivity index is 1.36. The molecule has 6 aromatic carbocycles. The number of aromatic nitrogens is 3. The van der Waals surface area contributed by atoms with Gasteiger partial charge in [0, 0.05) is 33.9 Å². The maximum absolute atomic E-state index is 12.6. The standard InChI is InChI=1S/C61H65N3O/c1-57(2,3)40-27-28-52(45(32-40)37-21-16-15-17-22-37)64-53-26-20-24-43(54(53)63-56(64)47-33-42(59(7,8)9)34-49(55(47)65)60(10,11)12)38-29-39(31-41(30-38)58(4,5)6)51-35-46-44-23-18-19-25-48(44)61(13,14)50(46)36-62-51/h15-36,65H,1-14H3. The molecule has 0 saturated heterocycles. The van der Waals surface area contributed by atoms with Gasteiger partial charge in [-0.25, -0.2) is 4.98 Å². The van der Waals surface area contributed by atoms with Crippen molar-refractivity contribution in [3.05, 3.63) is 167 Å². The average Bonchev–Trinajstić information content (AvgIpc) is 3.74. The van der Waals surface area contributed by atoms with E-state index in [0.717, 1.165) is 66.9 Å². The third kappa shape index (κ3) is 7.69. The van der Waals surface area contributed by atoms with Gasteiger partial charge in [0.15, 0.2) is 0 Å². The molecule has 2 aromatic heterocycles. The lowest BCUT2D eigenvalue weighted by Gasteiger charge is -2.28. The normalized spacial score (nSPS) is 13.9. The highest BCUT2D eigenvalue weighted by molar-refractivity contribution is 5.98. The molecule has 0 saturated carbocycles. The van der Waals surface area contributed by atoms with Crippen LogP contribution in [0.15, 0.2) is 134 Å². The molecule has 0 amide bonds. The van der Waals surface area contributed by atoms with Crippen LogP contribution in [0.25, 0.3) is 72.7 Å². The van der Waals surface area contributed by atoms with Crippen molar-refractivity contribution in [1.29, 1.82) is 0 Å². The number of pyridine rings is 1. The Kier molecular flexibility index (Phi) is 10.3. The van der Waals surface area contributed by atoms with E-state index < -0.39 is 0 Å². The molecule has 65 heavy (non-hydrogen) atoms. The van der Waals surface area contributed by atoms with Gasteiger partial charge in [-0.3, -0.25) is 9.55 Å². The lowest BCUT2D eigenvalue weighted by atomic mass is 9.79. The average molecular weight is 856 g/mol. The van der Waals surface area contributed by atoms with Crippen molar-refractivity contribution in [3.63, 3.8) is 0 Å². The molecule has 0 bridgehead atoms. The van der Waals surface area contributed by atoms with Gasteiger partial charge in [-0.05, 0) is 114 Å². The molecule has 1 aliphatic rings. The number of imidazole rings is 1. The summed E-state index contributed by atoms with van der Waals surface area (Å²) in [7, 11) is 0. The number of nitrogens with zero attached hydrogens (tertiary/aromatic N) is 3. The van der Waals surface area contributed by atoms with Gasteiger partial charge >= 0.3 is 0 Å². The van der Waals surface area contributed by atoms with Crippen LogP contribution in [0.3, 0.4) is 0 Å². The highest BCUT2D eigenvalue weighted by Gasteiger charge is 2.36. The minimum atomic E-state index is -0.321. The van der Waals surface area contributed by atoms with Crippen LogP contribution in [0.1, 0.15) is 130 Å². The summed E-state index contributed by atoms with van der Waals surface area (Å²) in [5, 5.41) is 12.6. The van der Waals surface area contributed by atoms with E-state index in [9.17, 15) is 5.11 Å². The molecule has 1 N–H and O–H groups in total. The maximum Gasteiger partial charge on any atom is 0.149 e. The second-order valence-corrected chi connectivity index (χ2v) is 23.0. The third-order valence-corrected chi connectivity index (χ3v) is 13.8. The van der Waals surface area contributed by atoms with Crippen LogP contribution < -0.4 is 0 Å². The fourth-order valence-corrected chi connectivity index (χ4v) is 9.72. The van der Waals surface area contributed by atoms with Crippen LogP contribution in [0.2, 0.25) is 0 Å². The summed E-state index contributed by atoms with van der Waals surface area (Å²) in [5.41, 5.74) is 18.7. The van der Waals surface area contributed by atoms with Gasteiger partial charge in [-0.2, -0.15) is 0 Å². The summed E-state index contributed by atoms with van der Waals surface area (Å²) in [6.07, 6.45) is 2.10. The Labute approximate surface area is 387 Å². The molecule has 4 nitrogen and oxygen atoms in total. The molecule has 8 aromatic rings. The Morgan fingerprint density at radius 1 is 0.477 bits per heavy atom. The largest absolute Gasteiger partial charge is 0.507 e. The highest BCUT2D eigenvalue weighted by Crippen LogP contribution is 2.50. The number of benzene rings is 6. The van der Waals surface area contributed by atoms with Crippen molar-refractivity contribution in [1.82, 2.24) is 14.5 Å². The molecule has 0 aliphatic heterocycles. The molecule has 4 heteroatoms.